The third-order valence-corrected chi connectivity index (χ3v) is 1.94. The smallest absolute Gasteiger partial charge is 0.0481 e. The number of likely N-dealkylation sites (N-methyl/N-ethyl adjacent to an activating group) is 2. The predicted octanol–water partition coefficient (Wildman–Crippen LogP) is -0.591. The Labute approximate surface area is 63.0 Å². The lowest BCUT2D eigenvalue weighted by Crippen LogP contribution is -2.36. The highest BCUT2D eigenvalue weighted by Crippen LogP contribution is 2.00. The van der Waals surface area contributed by atoms with Crippen LogP contribution in [0.5, 0.6) is 0 Å². The zero-order valence-electron chi connectivity index (χ0n) is 7.09. The Morgan fingerprint density at radius 2 is 2.30 bits per heavy atom. The van der Waals surface area contributed by atoms with Gasteiger partial charge in [-0.3, -0.25) is 4.90 Å². The summed E-state index contributed by atoms with van der Waals surface area (Å²) >= 11 is 0. The molecule has 3 nitrogen and oxygen atoms in total. The second-order valence-electron chi connectivity index (χ2n) is 3.29. The average molecular weight is 143 g/mol. The van der Waals surface area contributed by atoms with Crippen molar-refractivity contribution < 1.29 is 0 Å². The lowest BCUT2D eigenvalue weighted by Gasteiger charge is -2.21. The molecule has 0 aliphatic carbocycles. The molecule has 1 N–H and O–H groups in total. The highest BCUT2D eigenvalue weighted by Gasteiger charge is 2.19. The fourth-order valence-electron chi connectivity index (χ4n) is 1.32. The van der Waals surface area contributed by atoms with Crippen LogP contribution >= 0.6 is 0 Å². The zero-order valence-corrected chi connectivity index (χ0v) is 7.09. The van der Waals surface area contributed by atoms with Crippen molar-refractivity contribution in [1.82, 2.24) is 15.1 Å². The van der Waals surface area contributed by atoms with Crippen LogP contribution in [-0.2, 0) is 0 Å². The summed E-state index contributed by atoms with van der Waals surface area (Å²) in [6.45, 7) is 3.33. The highest BCUT2D eigenvalue weighted by molar-refractivity contribution is 4.78. The summed E-state index contributed by atoms with van der Waals surface area (Å²) in [6, 6.07) is 0.704. The van der Waals surface area contributed by atoms with Gasteiger partial charge in [-0.2, -0.15) is 0 Å². The molecule has 0 aromatic carbocycles. The molecule has 0 aromatic rings. The number of hydrogen-bond donors (Lipinski definition) is 1. The van der Waals surface area contributed by atoms with Crippen LogP contribution in [0.4, 0.5) is 0 Å². The molecule has 0 radical (unpaired) electrons. The molecular formula is C7H17N3. The quantitative estimate of drug-likeness (QED) is 0.557. The van der Waals surface area contributed by atoms with Crippen molar-refractivity contribution in [3.05, 3.63) is 0 Å². The van der Waals surface area contributed by atoms with E-state index in [0.29, 0.717) is 6.04 Å². The van der Waals surface area contributed by atoms with E-state index in [1.807, 2.05) is 0 Å². The molecule has 10 heavy (non-hydrogen) atoms. The molecule has 1 heterocycles. The van der Waals surface area contributed by atoms with E-state index in [4.69, 9.17) is 0 Å². The molecule has 0 saturated carbocycles. The first kappa shape index (κ1) is 7.98. The van der Waals surface area contributed by atoms with Gasteiger partial charge in [0.05, 0.1) is 0 Å². The van der Waals surface area contributed by atoms with Gasteiger partial charge < -0.3 is 10.2 Å². The molecule has 3 heteroatoms. The number of rotatable bonds is 2. The molecule has 0 aromatic heterocycles. The first-order valence-corrected chi connectivity index (χ1v) is 3.76. The van der Waals surface area contributed by atoms with E-state index < -0.39 is 0 Å². The second kappa shape index (κ2) is 3.32. The van der Waals surface area contributed by atoms with E-state index in [1.54, 1.807) is 0 Å². The normalized spacial score (nSPS) is 28.2. The molecular weight excluding hydrogens is 126 g/mol. The summed E-state index contributed by atoms with van der Waals surface area (Å²) in [6.07, 6.45) is 0. The van der Waals surface area contributed by atoms with Gasteiger partial charge in [-0.1, -0.05) is 0 Å². The first-order valence-electron chi connectivity index (χ1n) is 3.76. The van der Waals surface area contributed by atoms with Gasteiger partial charge in [-0.15, -0.1) is 0 Å². The van der Waals surface area contributed by atoms with Gasteiger partial charge in [0.1, 0.15) is 0 Å². The summed E-state index contributed by atoms with van der Waals surface area (Å²) in [5.41, 5.74) is 0. The predicted molar refractivity (Wildman–Crippen MR) is 43.0 cm³/mol. The van der Waals surface area contributed by atoms with Crippen LogP contribution in [0.15, 0.2) is 0 Å². The molecule has 0 bridgehead atoms. The molecule has 1 aliphatic rings. The van der Waals surface area contributed by atoms with Crippen LogP contribution in [0.25, 0.3) is 0 Å². The average Bonchev–Trinajstić information content (AvgIpc) is 2.15. The van der Waals surface area contributed by atoms with E-state index in [2.05, 4.69) is 36.3 Å². The second-order valence-corrected chi connectivity index (χ2v) is 3.29. The van der Waals surface area contributed by atoms with Crippen molar-refractivity contribution in [2.24, 2.45) is 0 Å². The number of hydrogen-bond acceptors (Lipinski definition) is 3. The number of nitrogens with zero attached hydrogens (tertiary/aromatic N) is 2. The van der Waals surface area contributed by atoms with Gasteiger partial charge in [0.25, 0.3) is 0 Å². The molecule has 1 rings (SSSR count). The van der Waals surface area contributed by atoms with Crippen molar-refractivity contribution in [1.29, 1.82) is 0 Å². The molecule has 1 fully saturated rings. The molecule has 1 atom stereocenters. The van der Waals surface area contributed by atoms with E-state index >= 15 is 0 Å². The molecule has 1 unspecified atom stereocenters. The maximum absolute atomic E-state index is 3.33. The maximum Gasteiger partial charge on any atom is 0.0481 e. The van der Waals surface area contributed by atoms with E-state index in [1.165, 1.54) is 0 Å². The lowest BCUT2D eigenvalue weighted by molar-refractivity contribution is 0.250. The van der Waals surface area contributed by atoms with Gasteiger partial charge >= 0.3 is 0 Å². The summed E-state index contributed by atoms with van der Waals surface area (Å²) in [5, 5.41) is 3.33. The largest absolute Gasteiger partial charge is 0.308 e. The van der Waals surface area contributed by atoms with Gasteiger partial charge in [0.15, 0.2) is 0 Å². The topological polar surface area (TPSA) is 18.5 Å². The van der Waals surface area contributed by atoms with Gasteiger partial charge in [0.2, 0.25) is 0 Å². The Morgan fingerprint density at radius 3 is 2.70 bits per heavy atom. The van der Waals surface area contributed by atoms with Crippen LogP contribution in [-0.4, -0.2) is 56.7 Å². The fraction of sp³-hybridized carbons (Fsp3) is 1.00. The minimum Gasteiger partial charge on any atom is -0.308 e. The van der Waals surface area contributed by atoms with Crippen LogP contribution in [0.2, 0.25) is 0 Å². The van der Waals surface area contributed by atoms with E-state index in [-0.39, 0.29) is 0 Å². The Bertz CT molecular complexity index is 103. The SMILES string of the molecule is CN(C)CC1CNCN1C. The minimum atomic E-state index is 0.704. The third-order valence-electron chi connectivity index (χ3n) is 1.94. The fourth-order valence-corrected chi connectivity index (χ4v) is 1.32. The van der Waals surface area contributed by atoms with Crippen molar-refractivity contribution in [3.8, 4) is 0 Å². The molecule has 1 aliphatic heterocycles. The summed E-state index contributed by atoms with van der Waals surface area (Å²) in [7, 11) is 6.40. The molecule has 0 amide bonds. The third kappa shape index (κ3) is 1.94. The van der Waals surface area contributed by atoms with Gasteiger partial charge in [0, 0.05) is 25.8 Å². The first-order chi connectivity index (χ1) is 4.70. The molecule has 1 saturated heterocycles. The number of nitrogens with one attached hydrogen (secondary N) is 1. The molecule has 0 spiro atoms. The van der Waals surface area contributed by atoms with Crippen LogP contribution in [0, 0.1) is 0 Å². The van der Waals surface area contributed by atoms with E-state index in [9.17, 15) is 0 Å². The summed E-state index contributed by atoms with van der Waals surface area (Å²) in [4.78, 5) is 4.58. The summed E-state index contributed by atoms with van der Waals surface area (Å²) in [5.74, 6) is 0. The van der Waals surface area contributed by atoms with Gasteiger partial charge in [-0.05, 0) is 21.1 Å². The monoisotopic (exact) mass is 143 g/mol. The van der Waals surface area contributed by atoms with Crippen molar-refractivity contribution in [3.63, 3.8) is 0 Å². The molecule has 60 valence electrons. The van der Waals surface area contributed by atoms with Crippen LogP contribution < -0.4 is 5.32 Å². The van der Waals surface area contributed by atoms with Crippen LogP contribution in [0.3, 0.4) is 0 Å². The minimum absolute atomic E-state index is 0.704. The maximum atomic E-state index is 3.33. The Kier molecular flexibility index (Phi) is 2.65. The van der Waals surface area contributed by atoms with Crippen molar-refractivity contribution in [2.75, 3.05) is 40.9 Å². The Morgan fingerprint density at radius 1 is 1.60 bits per heavy atom. The van der Waals surface area contributed by atoms with E-state index in [0.717, 1.165) is 19.8 Å². The highest BCUT2D eigenvalue weighted by atomic mass is 15.3. The van der Waals surface area contributed by atoms with Crippen molar-refractivity contribution >= 4 is 0 Å². The van der Waals surface area contributed by atoms with Gasteiger partial charge in [-0.25, -0.2) is 0 Å². The van der Waals surface area contributed by atoms with Crippen LogP contribution in [0.1, 0.15) is 0 Å². The zero-order chi connectivity index (χ0) is 7.56. The van der Waals surface area contributed by atoms with Crippen molar-refractivity contribution in [2.45, 2.75) is 6.04 Å². The lowest BCUT2D eigenvalue weighted by atomic mass is 10.3. The Hall–Kier alpha value is -0.120. The summed E-state index contributed by atoms with van der Waals surface area (Å²) < 4.78 is 0. The standard InChI is InChI=1S/C7H17N3/c1-9(2)5-7-4-8-6-10(7)3/h7-8H,4-6H2,1-3H3. The Balaban J connectivity index is 2.26.